The van der Waals surface area contributed by atoms with Gasteiger partial charge in [0.2, 0.25) is 11.8 Å². The molecule has 0 radical (unpaired) electrons. The van der Waals surface area contributed by atoms with Crippen LogP contribution in [0.5, 0.6) is 0 Å². The van der Waals surface area contributed by atoms with Crippen molar-refractivity contribution in [2.24, 2.45) is 0 Å². The lowest BCUT2D eigenvalue weighted by Crippen LogP contribution is -2.52. The van der Waals surface area contributed by atoms with E-state index in [1.165, 1.54) is 4.90 Å². The average Bonchev–Trinajstić information content (AvgIpc) is 3.12. The average molecular weight is 428 g/mol. The van der Waals surface area contributed by atoms with Crippen molar-refractivity contribution in [1.82, 2.24) is 20.5 Å². The molecule has 3 heterocycles. The molecule has 8 nitrogen and oxygen atoms in total. The molecule has 1 saturated heterocycles. The van der Waals surface area contributed by atoms with E-state index in [0.717, 1.165) is 22.0 Å². The minimum Gasteiger partial charge on any atom is -0.347 e. The van der Waals surface area contributed by atoms with Gasteiger partial charge in [-0.3, -0.25) is 24.5 Å². The molecule has 1 aromatic heterocycles. The highest BCUT2D eigenvalue weighted by Gasteiger charge is 2.39. The number of nitrogens with zero attached hydrogens (tertiary/aromatic N) is 2. The van der Waals surface area contributed by atoms with Crippen molar-refractivity contribution in [2.45, 2.75) is 32.0 Å². The van der Waals surface area contributed by atoms with E-state index in [9.17, 15) is 19.2 Å². The summed E-state index contributed by atoms with van der Waals surface area (Å²) in [6.45, 7) is 0.585. The molecule has 32 heavy (non-hydrogen) atoms. The summed E-state index contributed by atoms with van der Waals surface area (Å²) in [6.07, 6.45) is 0.544. The fourth-order valence-electron chi connectivity index (χ4n) is 4.20. The lowest BCUT2D eigenvalue weighted by atomic mass is 10.0. The first kappa shape index (κ1) is 19.9. The molecule has 1 unspecified atom stereocenters. The second kappa shape index (κ2) is 7.88. The molecule has 4 amide bonds. The molecule has 1 fully saturated rings. The van der Waals surface area contributed by atoms with Crippen LogP contribution in [0.2, 0.25) is 0 Å². The van der Waals surface area contributed by atoms with E-state index in [1.54, 1.807) is 18.2 Å². The summed E-state index contributed by atoms with van der Waals surface area (Å²) < 4.78 is 0. The fourth-order valence-corrected chi connectivity index (χ4v) is 4.20. The minimum atomic E-state index is -0.644. The van der Waals surface area contributed by atoms with Gasteiger partial charge in [-0.05, 0) is 35.7 Å². The third-order valence-corrected chi connectivity index (χ3v) is 5.87. The third-order valence-electron chi connectivity index (χ3n) is 5.87. The van der Waals surface area contributed by atoms with E-state index < -0.39 is 11.9 Å². The van der Waals surface area contributed by atoms with Gasteiger partial charge in [0.25, 0.3) is 11.8 Å². The molecule has 5 rings (SSSR count). The normalized spacial score (nSPS) is 17.9. The molecule has 2 aliphatic heterocycles. The van der Waals surface area contributed by atoms with Crippen molar-refractivity contribution in [3.05, 3.63) is 77.0 Å². The van der Waals surface area contributed by atoms with Gasteiger partial charge >= 0.3 is 0 Å². The van der Waals surface area contributed by atoms with Gasteiger partial charge in [0.1, 0.15) is 11.7 Å². The minimum absolute atomic E-state index is 0.217. The number of hydrogen-bond acceptors (Lipinski definition) is 5. The molecule has 2 aromatic carbocycles. The molecule has 2 aliphatic rings. The number of carbonyl (C=O) groups excluding carboxylic acids is 4. The Labute approximate surface area is 183 Å². The largest absolute Gasteiger partial charge is 0.347 e. The van der Waals surface area contributed by atoms with Crippen molar-refractivity contribution in [2.75, 3.05) is 0 Å². The quantitative estimate of drug-likeness (QED) is 0.618. The van der Waals surface area contributed by atoms with Gasteiger partial charge in [0, 0.05) is 30.5 Å². The first-order valence-corrected chi connectivity index (χ1v) is 10.4. The Hall–Kier alpha value is -4.07. The van der Waals surface area contributed by atoms with Crippen molar-refractivity contribution in [3.63, 3.8) is 0 Å². The summed E-state index contributed by atoms with van der Waals surface area (Å²) in [4.78, 5) is 54.8. The van der Waals surface area contributed by atoms with Crippen molar-refractivity contribution >= 4 is 34.5 Å². The van der Waals surface area contributed by atoms with Gasteiger partial charge in [0.05, 0.1) is 5.52 Å². The number of rotatable bonds is 4. The summed E-state index contributed by atoms with van der Waals surface area (Å²) in [7, 11) is 0. The van der Waals surface area contributed by atoms with Crippen molar-refractivity contribution in [3.8, 4) is 0 Å². The molecule has 8 heteroatoms. The van der Waals surface area contributed by atoms with E-state index in [4.69, 9.17) is 0 Å². The van der Waals surface area contributed by atoms with Crippen LogP contribution in [0.15, 0.2) is 54.6 Å². The maximum absolute atomic E-state index is 12.8. The highest BCUT2D eigenvalue weighted by atomic mass is 16.2. The van der Waals surface area contributed by atoms with Crippen molar-refractivity contribution in [1.29, 1.82) is 0 Å². The van der Waals surface area contributed by atoms with E-state index in [-0.39, 0.29) is 30.7 Å². The van der Waals surface area contributed by atoms with Crippen LogP contribution in [0, 0.1) is 0 Å². The number of nitrogens with one attached hydrogen (secondary N) is 2. The van der Waals surface area contributed by atoms with Crippen LogP contribution in [0.1, 0.15) is 44.8 Å². The van der Waals surface area contributed by atoms with Gasteiger partial charge in [-0.1, -0.05) is 36.4 Å². The molecule has 0 bridgehead atoms. The van der Waals surface area contributed by atoms with E-state index in [1.807, 2.05) is 36.4 Å². The zero-order valence-corrected chi connectivity index (χ0v) is 17.1. The zero-order chi connectivity index (χ0) is 22.2. The highest BCUT2D eigenvalue weighted by molar-refractivity contribution is 6.05. The summed E-state index contributed by atoms with van der Waals surface area (Å²) >= 11 is 0. The van der Waals surface area contributed by atoms with E-state index in [2.05, 4.69) is 15.6 Å². The predicted molar refractivity (Wildman–Crippen MR) is 115 cm³/mol. The molecule has 0 spiro atoms. The van der Waals surface area contributed by atoms with Crippen molar-refractivity contribution < 1.29 is 19.2 Å². The van der Waals surface area contributed by atoms with Crippen LogP contribution in [0.3, 0.4) is 0 Å². The number of benzene rings is 2. The second-order valence-electron chi connectivity index (χ2n) is 7.96. The molecular formula is C24H20N4O4. The van der Waals surface area contributed by atoms with E-state index in [0.29, 0.717) is 24.2 Å². The standard InChI is InChI=1S/C24H20N4O4/c29-21-10-9-20(23(31)27-21)28-13-16-11-14(5-7-17(16)24(28)32)12-25-22(30)19-8-6-15-3-1-2-4-18(15)26-19/h1-8,11,20H,9-10,12-13H2,(H,25,30)(H,27,29,31). The molecular weight excluding hydrogens is 408 g/mol. The van der Waals surface area contributed by atoms with Crippen LogP contribution in [-0.4, -0.2) is 39.6 Å². The number of piperidine rings is 1. The fraction of sp³-hybridized carbons (Fsp3) is 0.208. The summed E-state index contributed by atoms with van der Waals surface area (Å²) in [5.74, 6) is -1.24. The van der Waals surface area contributed by atoms with Gasteiger partial charge in [-0.15, -0.1) is 0 Å². The number of aromatic nitrogens is 1. The van der Waals surface area contributed by atoms with Gasteiger partial charge in [-0.25, -0.2) is 4.98 Å². The van der Waals surface area contributed by atoms with Gasteiger partial charge < -0.3 is 10.2 Å². The Kier molecular flexibility index (Phi) is 4.89. The number of fused-ring (bicyclic) bond motifs is 2. The third kappa shape index (κ3) is 3.60. The maximum Gasteiger partial charge on any atom is 0.270 e. The number of hydrogen-bond donors (Lipinski definition) is 2. The molecule has 3 aromatic rings. The van der Waals surface area contributed by atoms with Crippen LogP contribution in [-0.2, 0) is 22.7 Å². The highest BCUT2D eigenvalue weighted by Crippen LogP contribution is 2.28. The second-order valence-corrected chi connectivity index (χ2v) is 7.96. The van der Waals surface area contributed by atoms with Gasteiger partial charge in [-0.2, -0.15) is 0 Å². The SMILES string of the molecule is O=C1CCC(N2Cc3cc(CNC(=O)c4ccc5ccccc5n4)ccc3C2=O)C(=O)N1. The molecule has 160 valence electrons. The lowest BCUT2D eigenvalue weighted by Gasteiger charge is -2.29. The maximum atomic E-state index is 12.8. The number of para-hydroxylation sites is 1. The Bertz CT molecular complexity index is 1290. The number of imide groups is 1. The molecule has 0 saturated carbocycles. The molecule has 0 aliphatic carbocycles. The lowest BCUT2D eigenvalue weighted by molar-refractivity contribution is -0.136. The van der Waals surface area contributed by atoms with E-state index >= 15 is 0 Å². The smallest absolute Gasteiger partial charge is 0.270 e. The number of amides is 4. The van der Waals surface area contributed by atoms with Crippen LogP contribution < -0.4 is 10.6 Å². The van der Waals surface area contributed by atoms with Crippen LogP contribution in [0.4, 0.5) is 0 Å². The summed E-state index contributed by atoms with van der Waals surface area (Å²) in [5.41, 5.74) is 3.28. The van der Waals surface area contributed by atoms with Crippen LogP contribution >= 0.6 is 0 Å². The molecule has 2 N–H and O–H groups in total. The first-order valence-electron chi connectivity index (χ1n) is 10.4. The number of carbonyl (C=O) groups is 4. The Balaban J connectivity index is 1.27. The zero-order valence-electron chi connectivity index (χ0n) is 17.1. The molecule has 1 atom stereocenters. The first-order chi connectivity index (χ1) is 15.5. The summed E-state index contributed by atoms with van der Waals surface area (Å²) in [6, 6.07) is 15.9. The Morgan fingerprint density at radius 3 is 2.78 bits per heavy atom. The summed E-state index contributed by atoms with van der Waals surface area (Å²) in [5, 5.41) is 6.13. The number of pyridine rings is 1. The Morgan fingerprint density at radius 1 is 1.09 bits per heavy atom. The predicted octanol–water partition coefficient (Wildman–Crippen LogP) is 1.93. The Morgan fingerprint density at radius 2 is 1.94 bits per heavy atom. The topological polar surface area (TPSA) is 108 Å². The monoisotopic (exact) mass is 428 g/mol. The van der Waals surface area contributed by atoms with Crippen LogP contribution in [0.25, 0.3) is 10.9 Å². The van der Waals surface area contributed by atoms with Gasteiger partial charge in [0.15, 0.2) is 0 Å².